The van der Waals surface area contributed by atoms with Crippen molar-refractivity contribution in [2.45, 2.75) is 0 Å². The fraction of sp³-hybridized carbons (Fsp3) is 0.235. The van der Waals surface area contributed by atoms with E-state index in [0.29, 0.717) is 5.69 Å². The van der Waals surface area contributed by atoms with Crippen LogP contribution in [0.5, 0.6) is 0 Å². The van der Waals surface area contributed by atoms with Crippen LogP contribution in [0.3, 0.4) is 0 Å². The summed E-state index contributed by atoms with van der Waals surface area (Å²) in [7, 11) is 0. The molecule has 0 unspecified atom stereocenters. The third-order valence-electron chi connectivity index (χ3n) is 3.55. The molecule has 0 radical (unpaired) electrons. The molecule has 0 spiro atoms. The van der Waals surface area contributed by atoms with Crippen molar-refractivity contribution in [3.63, 3.8) is 0 Å². The number of morpholine rings is 1. The van der Waals surface area contributed by atoms with Gasteiger partial charge in [-0.25, -0.2) is 5.43 Å². The third-order valence-corrected chi connectivity index (χ3v) is 3.55. The minimum absolute atomic E-state index is 0.327. The van der Waals surface area contributed by atoms with Crippen molar-refractivity contribution in [1.29, 1.82) is 0 Å². The summed E-state index contributed by atoms with van der Waals surface area (Å²) in [5.41, 5.74) is 4.90. The predicted molar refractivity (Wildman–Crippen MR) is 88.8 cm³/mol. The largest absolute Gasteiger partial charge is 0.378 e. The molecule has 23 heavy (non-hydrogen) atoms. The van der Waals surface area contributed by atoms with Gasteiger partial charge in [0.1, 0.15) is 5.69 Å². The molecule has 1 saturated heterocycles. The van der Waals surface area contributed by atoms with Gasteiger partial charge in [-0.1, -0.05) is 18.2 Å². The summed E-state index contributed by atoms with van der Waals surface area (Å²) in [6.07, 6.45) is 3.19. The number of ether oxygens (including phenoxy) is 1. The maximum Gasteiger partial charge on any atom is 0.289 e. The number of carbonyl (C=O) groups excluding carboxylic acids is 1. The fourth-order valence-corrected chi connectivity index (χ4v) is 2.31. The predicted octanol–water partition coefficient (Wildman–Crippen LogP) is 1.68. The standard InChI is InChI=1S/C17H18N4O2/c22-17(16-3-1-2-8-18-16)20-19-13-14-4-6-15(7-5-14)21-9-11-23-12-10-21/h1-8,13H,9-12H2,(H,20,22)/b19-13+. The molecule has 1 aromatic heterocycles. The molecule has 0 bridgehead atoms. The second-order valence-electron chi connectivity index (χ2n) is 5.11. The highest BCUT2D eigenvalue weighted by Crippen LogP contribution is 2.15. The van der Waals surface area contributed by atoms with Crippen LogP contribution in [-0.4, -0.2) is 43.4 Å². The van der Waals surface area contributed by atoms with Crippen molar-refractivity contribution in [3.8, 4) is 0 Å². The van der Waals surface area contributed by atoms with Gasteiger partial charge in [0.25, 0.3) is 5.91 Å². The van der Waals surface area contributed by atoms with Crippen LogP contribution in [-0.2, 0) is 4.74 Å². The first kappa shape index (κ1) is 15.2. The number of aromatic nitrogens is 1. The quantitative estimate of drug-likeness (QED) is 0.689. The van der Waals surface area contributed by atoms with Gasteiger partial charge in [-0.2, -0.15) is 5.10 Å². The van der Waals surface area contributed by atoms with Gasteiger partial charge in [0.15, 0.2) is 0 Å². The summed E-state index contributed by atoms with van der Waals surface area (Å²) in [6, 6.07) is 13.2. The molecule has 0 atom stereocenters. The molecule has 1 aromatic carbocycles. The zero-order chi connectivity index (χ0) is 15.9. The number of hydrogen-bond acceptors (Lipinski definition) is 5. The minimum atomic E-state index is -0.327. The van der Waals surface area contributed by atoms with Gasteiger partial charge in [-0.15, -0.1) is 0 Å². The van der Waals surface area contributed by atoms with Gasteiger partial charge in [0.05, 0.1) is 19.4 Å². The number of hydrazone groups is 1. The van der Waals surface area contributed by atoms with E-state index in [4.69, 9.17) is 4.74 Å². The average Bonchev–Trinajstić information content (AvgIpc) is 2.64. The molecule has 1 fully saturated rings. The lowest BCUT2D eigenvalue weighted by atomic mass is 10.2. The Labute approximate surface area is 134 Å². The van der Waals surface area contributed by atoms with E-state index in [1.807, 2.05) is 24.3 Å². The van der Waals surface area contributed by atoms with Crippen LogP contribution in [0.4, 0.5) is 5.69 Å². The Kier molecular flexibility index (Phi) is 4.95. The summed E-state index contributed by atoms with van der Waals surface area (Å²) in [5, 5.41) is 3.96. The first-order valence-electron chi connectivity index (χ1n) is 7.50. The summed E-state index contributed by atoms with van der Waals surface area (Å²) < 4.78 is 5.35. The van der Waals surface area contributed by atoms with Gasteiger partial charge in [0.2, 0.25) is 0 Å². The summed E-state index contributed by atoms with van der Waals surface area (Å²) in [6.45, 7) is 3.35. The Morgan fingerprint density at radius 1 is 1.17 bits per heavy atom. The van der Waals surface area contributed by atoms with E-state index in [1.165, 1.54) is 5.69 Å². The fourth-order valence-electron chi connectivity index (χ4n) is 2.31. The molecule has 1 aliphatic rings. The van der Waals surface area contributed by atoms with Crippen LogP contribution in [0.2, 0.25) is 0 Å². The number of nitrogens with zero attached hydrogens (tertiary/aromatic N) is 3. The van der Waals surface area contributed by atoms with Crippen molar-refractivity contribution in [3.05, 3.63) is 59.9 Å². The zero-order valence-electron chi connectivity index (χ0n) is 12.7. The van der Waals surface area contributed by atoms with E-state index in [-0.39, 0.29) is 5.91 Å². The molecule has 3 rings (SSSR count). The number of benzene rings is 1. The van der Waals surface area contributed by atoms with Gasteiger partial charge < -0.3 is 9.64 Å². The van der Waals surface area contributed by atoms with Crippen LogP contribution >= 0.6 is 0 Å². The molecular weight excluding hydrogens is 292 g/mol. The molecule has 118 valence electrons. The second kappa shape index (κ2) is 7.51. The van der Waals surface area contributed by atoms with E-state index in [2.05, 4.69) is 20.4 Å². The number of rotatable bonds is 4. The lowest BCUT2D eigenvalue weighted by Gasteiger charge is -2.28. The Morgan fingerprint density at radius 3 is 2.65 bits per heavy atom. The van der Waals surface area contributed by atoms with Gasteiger partial charge in [-0.05, 0) is 29.8 Å². The molecule has 1 N–H and O–H groups in total. The van der Waals surface area contributed by atoms with Crippen molar-refractivity contribution < 1.29 is 9.53 Å². The average molecular weight is 310 g/mol. The first-order valence-corrected chi connectivity index (χ1v) is 7.50. The van der Waals surface area contributed by atoms with E-state index in [0.717, 1.165) is 31.9 Å². The molecule has 0 saturated carbocycles. The van der Waals surface area contributed by atoms with Gasteiger partial charge in [-0.3, -0.25) is 9.78 Å². The van der Waals surface area contributed by atoms with Crippen LogP contribution in [0.1, 0.15) is 16.1 Å². The summed E-state index contributed by atoms with van der Waals surface area (Å²) >= 11 is 0. The number of nitrogens with one attached hydrogen (secondary N) is 1. The lowest BCUT2D eigenvalue weighted by Crippen LogP contribution is -2.36. The Bertz CT molecular complexity index is 665. The third kappa shape index (κ3) is 4.14. The monoisotopic (exact) mass is 310 g/mol. The molecule has 1 amide bonds. The SMILES string of the molecule is O=C(N/N=C/c1ccc(N2CCOCC2)cc1)c1ccccn1. The van der Waals surface area contributed by atoms with Crippen molar-refractivity contribution in [2.75, 3.05) is 31.2 Å². The van der Waals surface area contributed by atoms with Crippen molar-refractivity contribution in [1.82, 2.24) is 10.4 Å². The minimum Gasteiger partial charge on any atom is -0.378 e. The molecule has 0 aliphatic carbocycles. The van der Waals surface area contributed by atoms with Crippen molar-refractivity contribution >= 4 is 17.8 Å². The molecule has 6 heteroatoms. The summed E-state index contributed by atoms with van der Waals surface area (Å²) in [4.78, 5) is 18.0. The van der Waals surface area contributed by atoms with Crippen LogP contribution in [0.15, 0.2) is 53.8 Å². The highest BCUT2D eigenvalue weighted by Gasteiger charge is 2.10. The van der Waals surface area contributed by atoms with E-state index >= 15 is 0 Å². The molecule has 1 aliphatic heterocycles. The second-order valence-corrected chi connectivity index (χ2v) is 5.11. The van der Waals surface area contributed by atoms with Crippen LogP contribution < -0.4 is 10.3 Å². The topological polar surface area (TPSA) is 66.8 Å². The van der Waals surface area contributed by atoms with Gasteiger partial charge >= 0.3 is 0 Å². The number of amides is 1. The van der Waals surface area contributed by atoms with E-state index in [9.17, 15) is 4.79 Å². The first-order chi connectivity index (χ1) is 11.3. The number of carbonyl (C=O) groups is 1. The zero-order valence-corrected chi connectivity index (χ0v) is 12.7. The lowest BCUT2D eigenvalue weighted by molar-refractivity contribution is 0.0950. The molecular formula is C17H18N4O2. The Morgan fingerprint density at radius 2 is 1.96 bits per heavy atom. The number of pyridine rings is 1. The smallest absolute Gasteiger partial charge is 0.289 e. The van der Waals surface area contributed by atoms with Crippen LogP contribution in [0.25, 0.3) is 0 Å². The van der Waals surface area contributed by atoms with E-state index in [1.54, 1.807) is 30.6 Å². The summed E-state index contributed by atoms with van der Waals surface area (Å²) in [5.74, 6) is -0.327. The highest BCUT2D eigenvalue weighted by atomic mass is 16.5. The maximum absolute atomic E-state index is 11.8. The number of anilines is 1. The van der Waals surface area contributed by atoms with Crippen molar-refractivity contribution in [2.24, 2.45) is 5.10 Å². The van der Waals surface area contributed by atoms with Gasteiger partial charge in [0, 0.05) is 25.0 Å². The molecule has 2 heterocycles. The molecule has 2 aromatic rings. The number of hydrogen-bond donors (Lipinski definition) is 1. The normalized spacial score (nSPS) is 14.9. The highest BCUT2D eigenvalue weighted by molar-refractivity contribution is 5.93. The van der Waals surface area contributed by atoms with Crippen LogP contribution in [0, 0.1) is 0 Å². The Balaban J connectivity index is 1.56. The molecule has 6 nitrogen and oxygen atoms in total. The Hall–Kier alpha value is -2.73. The maximum atomic E-state index is 11.8. The van der Waals surface area contributed by atoms with E-state index < -0.39 is 0 Å².